The molecule has 2 N–H and O–H groups in total. The second-order valence-corrected chi connectivity index (χ2v) is 8.18. The second kappa shape index (κ2) is 8.94. The predicted molar refractivity (Wildman–Crippen MR) is 124 cm³/mol. The lowest BCUT2D eigenvalue weighted by Gasteiger charge is -2.53. The van der Waals surface area contributed by atoms with E-state index in [-0.39, 0.29) is 18.0 Å². The Morgan fingerprint density at radius 3 is 2.30 bits per heavy atom. The highest BCUT2D eigenvalue weighted by atomic mass is 16.5. The number of urea groups is 1. The third-order valence-corrected chi connectivity index (χ3v) is 6.44. The lowest BCUT2D eigenvalue weighted by molar-refractivity contribution is -0.190. The van der Waals surface area contributed by atoms with Crippen LogP contribution in [0.15, 0.2) is 66.7 Å². The van der Waals surface area contributed by atoms with Gasteiger partial charge in [0, 0.05) is 6.54 Å². The van der Waals surface area contributed by atoms with Gasteiger partial charge in [0.15, 0.2) is 6.23 Å². The Morgan fingerprint density at radius 2 is 1.67 bits per heavy atom. The van der Waals surface area contributed by atoms with E-state index in [4.69, 9.17) is 9.84 Å². The summed E-state index contributed by atoms with van der Waals surface area (Å²) in [6.07, 6.45) is 0.274. The number of carbonyl (C=O) groups excluding carboxylic acids is 2. The molecule has 0 spiro atoms. The molecule has 1 saturated heterocycles. The van der Waals surface area contributed by atoms with E-state index in [1.807, 2.05) is 56.3 Å². The third-order valence-electron chi connectivity index (χ3n) is 6.44. The van der Waals surface area contributed by atoms with Crippen molar-refractivity contribution in [3.05, 3.63) is 77.9 Å². The van der Waals surface area contributed by atoms with E-state index in [1.54, 1.807) is 0 Å². The van der Waals surface area contributed by atoms with Crippen molar-refractivity contribution in [2.75, 3.05) is 0 Å². The number of carboxylic acids is 1. The molecule has 7 nitrogen and oxygen atoms in total. The number of hydrogen-bond donors (Lipinski definition) is 2. The van der Waals surface area contributed by atoms with Crippen LogP contribution in [-0.4, -0.2) is 34.1 Å². The van der Waals surface area contributed by atoms with E-state index in [2.05, 4.69) is 5.32 Å². The SMILES string of the molecule is CCC1(CC)C(=O)N(C(=O)NCc2ccc3ccccc3c2)[C@H]1Oc1ccc(C(=O)O)cc1. The van der Waals surface area contributed by atoms with Gasteiger partial charge < -0.3 is 15.2 Å². The first-order valence-electron chi connectivity index (χ1n) is 11.0. The molecule has 4 rings (SSSR count). The standard InChI is InChI=1S/C26H26N2O5/c1-3-26(4-2)23(31)28(24(26)33-21-13-11-19(12-14-21)22(29)30)25(32)27-16-17-9-10-18-7-5-6-8-20(18)15-17/h5-15,24H,3-4,16H2,1-2H3,(H,27,32)(H,29,30)/t24-/m0/s1. The maximum absolute atomic E-state index is 13.0. The molecule has 1 fully saturated rings. The topological polar surface area (TPSA) is 95.9 Å². The van der Waals surface area contributed by atoms with Crippen molar-refractivity contribution < 1.29 is 24.2 Å². The van der Waals surface area contributed by atoms with Gasteiger partial charge >= 0.3 is 12.0 Å². The monoisotopic (exact) mass is 446 g/mol. The first-order valence-corrected chi connectivity index (χ1v) is 11.0. The van der Waals surface area contributed by atoms with Crippen molar-refractivity contribution in [2.24, 2.45) is 5.41 Å². The summed E-state index contributed by atoms with van der Waals surface area (Å²) in [6.45, 7) is 4.07. The summed E-state index contributed by atoms with van der Waals surface area (Å²) in [6, 6.07) is 19.3. The number of carboxylic acid groups (broad SMARTS) is 1. The van der Waals surface area contributed by atoms with Crippen molar-refractivity contribution in [3.63, 3.8) is 0 Å². The van der Waals surface area contributed by atoms with Crippen LogP contribution in [0.4, 0.5) is 4.79 Å². The zero-order chi connectivity index (χ0) is 23.6. The van der Waals surface area contributed by atoms with Crippen LogP contribution in [0, 0.1) is 5.41 Å². The molecule has 170 valence electrons. The number of benzene rings is 3. The Balaban J connectivity index is 1.50. The van der Waals surface area contributed by atoms with Gasteiger partial charge in [-0.25, -0.2) is 14.5 Å². The van der Waals surface area contributed by atoms with Gasteiger partial charge in [-0.3, -0.25) is 4.79 Å². The zero-order valence-corrected chi connectivity index (χ0v) is 18.6. The molecule has 1 aliphatic heterocycles. The van der Waals surface area contributed by atoms with Gasteiger partial charge in [-0.2, -0.15) is 0 Å². The molecular weight excluding hydrogens is 420 g/mol. The third kappa shape index (κ3) is 4.02. The summed E-state index contributed by atoms with van der Waals surface area (Å²) in [5.41, 5.74) is 0.259. The number of nitrogens with one attached hydrogen (secondary N) is 1. The Kier molecular flexibility index (Phi) is 6.05. The van der Waals surface area contributed by atoms with E-state index in [1.165, 1.54) is 24.3 Å². The second-order valence-electron chi connectivity index (χ2n) is 8.18. The number of aromatic carboxylic acids is 1. The molecule has 0 aromatic heterocycles. The normalized spacial score (nSPS) is 16.8. The van der Waals surface area contributed by atoms with Crippen LogP contribution in [0.25, 0.3) is 10.8 Å². The van der Waals surface area contributed by atoms with E-state index in [0.717, 1.165) is 21.2 Å². The summed E-state index contributed by atoms with van der Waals surface area (Å²) in [5.74, 6) is -0.904. The molecule has 1 heterocycles. The lowest BCUT2D eigenvalue weighted by atomic mass is 9.72. The molecule has 0 unspecified atom stereocenters. The summed E-state index contributed by atoms with van der Waals surface area (Å²) in [5, 5.41) is 14.1. The number of carbonyl (C=O) groups is 3. The lowest BCUT2D eigenvalue weighted by Crippen LogP contribution is -2.73. The number of ether oxygens (including phenoxy) is 1. The van der Waals surface area contributed by atoms with Crippen LogP contribution >= 0.6 is 0 Å². The maximum atomic E-state index is 13.0. The van der Waals surface area contributed by atoms with Crippen LogP contribution < -0.4 is 10.1 Å². The van der Waals surface area contributed by atoms with Crippen molar-refractivity contribution in [1.82, 2.24) is 10.2 Å². The van der Waals surface area contributed by atoms with Gasteiger partial charge in [0.25, 0.3) is 0 Å². The van der Waals surface area contributed by atoms with E-state index < -0.39 is 23.6 Å². The summed E-state index contributed by atoms with van der Waals surface area (Å²) in [4.78, 5) is 38.2. The highest BCUT2D eigenvalue weighted by Gasteiger charge is 2.62. The van der Waals surface area contributed by atoms with Gasteiger partial charge in [-0.05, 0) is 59.5 Å². The predicted octanol–water partition coefficient (Wildman–Crippen LogP) is 4.80. The Morgan fingerprint density at radius 1 is 1.00 bits per heavy atom. The Hall–Kier alpha value is -3.87. The number of amides is 3. The van der Waals surface area contributed by atoms with Crippen LogP contribution in [0.5, 0.6) is 5.75 Å². The average Bonchev–Trinajstić information content (AvgIpc) is 2.83. The van der Waals surface area contributed by atoms with Crippen molar-refractivity contribution in [1.29, 1.82) is 0 Å². The van der Waals surface area contributed by atoms with Gasteiger partial charge in [0.2, 0.25) is 5.91 Å². The quantitative estimate of drug-likeness (QED) is 0.508. The van der Waals surface area contributed by atoms with E-state index in [0.29, 0.717) is 18.6 Å². The fourth-order valence-electron chi connectivity index (χ4n) is 4.32. The van der Waals surface area contributed by atoms with Crippen molar-refractivity contribution in [2.45, 2.75) is 39.5 Å². The first-order chi connectivity index (χ1) is 15.9. The minimum absolute atomic E-state index is 0.134. The number of imide groups is 1. The fourth-order valence-corrected chi connectivity index (χ4v) is 4.32. The van der Waals surface area contributed by atoms with Gasteiger partial charge in [-0.15, -0.1) is 0 Å². The first kappa shape index (κ1) is 22.3. The maximum Gasteiger partial charge on any atom is 0.335 e. The van der Waals surface area contributed by atoms with Crippen LogP contribution in [-0.2, 0) is 11.3 Å². The van der Waals surface area contributed by atoms with E-state index >= 15 is 0 Å². The molecular formula is C26H26N2O5. The van der Waals surface area contributed by atoms with Gasteiger partial charge in [0.1, 0.15) is 11.2 Å². The van der Waals surface area contributed by atoms with Crippen LogP contribution in [0.2, 0.25) is 0 Å². The molecule has 0 bridgehead atoms. The number of β-lactam (4-membered cyclic amide) rings is 1. The van der Waals surface area contributed by atoms with Crippen LogP contribution in [0.3, 0.4) is 0 Å². The fraction of sp³-hybridized carbons (Fsp3) is 0.269. The highest BCUT2D eigenvalue weighted by molar-refractivity contribution is 6.03. The summed E-state index contributed by atoms with van der Waals surface area (Å²) >= 11 is 0. The number of hydrogen-bond acceptors (Lipinski definition) is 4. The summed E-state index contributed by atoms with van der Waals surface area (Å²) < 4.78 is 6.05. The number of fused-ring (bicyclic) bond motifs is 1. The molecule has 3 aromatic rings. The average molecular weight is 447 g/mol. The molecule has 7 heteroatoms. The Labute approximate surface area is 192 Å². The Bertz CT molecular complexity index is 1200. The largest absolute Gasteiger partial charge is 0.478 e. The van der Waals surface area contributed by atoms with Crippen LogP contribution in [0.1, 0.15) is 42.6 Å². The van der Waals surface area contributed by atoms with E-state index in [9.17, 15) is 14.4 Å². The molecule has 3 aromatic carbocycles. The van der Waals surface area contributed by atoms with Crippen molar-refractivity contribution in [3.8, 4) is 5.75 Å². The molecule has 1 aliphatic rings. The highest BCUT2D eigenvalue weighted by Crippen LogP contribution is 2.46. The van der Waals surface area contributed by atoms with Crippen molar-refractivity contribution >= 4 is 28.7 Å². The molecule has 0 aliphatic carbocycles. The number of nitrogens with zero attached hydrogens (tertiary/aromatic N) is 1. The van der Waals surface area contributed by atoms with Gasteiger partial charge in [-0.1, -0.05) is 50.2 Å². The molecule has 0 saturated carbocycles. The molecule has 0 radical (unpaired) electrons. The smallest absolute Gasteiger partial charge is 0.335 e. The number of rotatable bonds is 7. The molecule has 3 amide bonds. The number of likely N-dealkylation sites (tertiary alicyclic amines) is 1. The minimum Gasteiger partial charge on any atom is -0.478 e. The summed E-state index contributed by atoms with van der Waals surface area (Å²) in [7, 11) is 0. The molecule has 33 heavy (non-hydrogen) atoms. The zero-order valence-electron chi connectivity index (χ0n) is 18.6. The minimum atomic E-state index is -1.04. The molecule has 1 atom stereocenters. The van der Waals surface area contributed by atoms with Gasteiger partial charge in [0.05, 0.1) is 5.56 Å².